The summed E-state index contributed by atoms with van der Waals surface area (Å²) in [7, 11) is 0. The maximum Gasteiger partial charge on any atom is 0.316 e. The highest BCUT2D eigenvalue weighted by molar-refractivity contribution is 8.00. The number of nitrogens with zero attached hydrogens (tertiary/aromatic N) is 3. The number of hydrogen-bond acceptors (Lipinski definition) is 8. The van der Waals surface area contributed by atoms with E-state index in [0.29, 0.717) is 39.9 Å². The highest BCUT2D eigenvalue weighted by atomic mass is 32.2. The van der Waals surface area contributed by atoms with Gasteiger partial charge in [-0.25, -0.2) is 9.97 Å². The Kier molecular flexibility index (Phi) is 5.78. The number of aromatic nitrogens is 3. The third-order valence-corrected chi connectivity index (χ3v) is 4.56. The lowest BCUT2D eigenvalue weighted by molar-refractivity contribution is -0.139. The number of carbonyl (C=O) groups is 1. The molecule has 9 heteroatoms. The molecule has 3 N–H and O–H groups in total. The summed E-state index contributed by atoms with van der Waals surface area (Å²) < 4.78 is 4.93. The van der Waals surface area contributed by atoms with Gasteiger partial charge in [-0.2, -0.15) is 5.26 Å². The van der Waals surface area contributed by atoms with Crippen molar-refractivity contribution in [1.29, 1.82) is 5.26 Å². The molecule has 1 aromatic carbocycles. The quantitative estimate of drug-likeness (QED) is 0.324. The summed E-state index contributed by atoms with van der Waals surface area (Å²) >= 11 is 1.21. The van der Waals surface area contributed by atoms with Crippen LogP contribution in [0.3, 0.4) is 0 Å². The molecule has 27 heavy (non-hydrogen) atoms. The number of aromatic amines is 1. The van der Waals surface area contributed by atoms with Crippen LogP contribution in [0.4, 0.5) is 11.5 Å². The van der Waals surface area contributed by atoms with E-state index in [1.807, 2.05) is 30.3 Å². The van der Waals surface area contributed by atoms with E-state index in [1.165, 1.54) is 11.8 Å². The van der Waals surface area contributed by atoms with Gasteiger partial charge in [0.15, 0.2) is 5.82 Å². The van der Waals surface area contributed by atoms with Gasteiger partial charge in [0.05, 0.1) is 34.0 Å². The fourth-order valence-corrected chi connectivity index (χ4v) is 3.28. The molecule has 0 aliphatic carbocycles. The molecular weight excluding hydrogens is 364 g/mol. The Hall–Kier alpha value is -3.25. The van der Waals surface area contributed by atoms with Gasteiger partial charge in [0.2, 0.25) is 0 Å². The second kappa shape index (κ2) is 8.42. The van der Waals surface area contributed by atoms with Crippen molar-refractivity contribution in [3.63, 3.8) is 0 Å². The zero-order valence-corrected chi connectivity index (χ0v) is 15.7. The van der Waals surface area contributed by atoms with Gasteiger partial charge in [-0.3, -0.25) is 15.6 Å². The molecule has 0 unspecified atom stereocenters. The first-order valence-corrected chi connectivity index (χ1v) is 9.26. The van der Waals surface area contributed by atoms with E-state index in [0.717, 1.165) is 5.69 Å². The normalized spacial score (nSPS) is 10.4. The van der Waals surface area contributed by atoms with Crippen LogP contribution in [0.15, 0.2) is 35.4 Å². The first kappa shape index (κ1) is 18.5. The second-order valence-electron chi connectivity index (χ2n) is 5.49. The molecule has 0 amide bonds. The lowest BCUT2D eigenvalue weighted by Gasteiger charge is -2.10. The van der Waals surface area contributed by atoms with Gasteiger partial charge in [-0.15, -0.1) is 0 Å². The van der Waals surface area contributed by atoms with Gasteiger partial charge >= 0.3 is 5.97 Å². The SMILES string of the molecule is CCOC(=O)CSc1[nH]c2nc(C)nc(NNc3ccccc3)c2c1C#N. The Morgan fingerprint density at radius 1 is 1.30 bits per heavy atom. The molecule has 8 nitrogen and oxygen atoms in total. The first-order chi connectivity index (χ1) is 13.1. The lowest BCUT2D eigenvalue weighted by Crippen LogP contribution is -2.11. The number of hydrogen-bond donors (Lipinski definition) is 3. The third-order valence-electron chi connectivity index (χ3n) is 3.58. The van der Waals surface area contributed by atoms with Gasteiger partial charge in [-0.1, -0.05) is 30.0 Å². The smallest absolute Gasteiger partial charge is 0.316 e. The maximum absolute atomic E-state index is 11.6. The Balaban J connectivity index is 1.91. The number of H-pyrrole nitrogens is 1. The third kappa shape index (κ3) is 4.30. The number of rotatable bonds is 7. The molecule has 0 atom stereocenters. The lowest BCUT2D eigenvalue weighted by atomic mass is 10.2. The molecule has 0 spiro atoms. The summed E-state index contributed by atoms with van der Waals surface area (Å²) in [6, 6.07) is 11.7. The number of hydrazine groups is 1. The number of anilines is 2. The standard InChI is InChI=1S/C18H18N6O2S/c1-3-26-14(25)10-27-18-13(9-19)15-16(22-18)20-11(2)21-17(15)24-23-12-7-5-4-6-8-12/h4-8,23H,3,10H2,1-2H3,(H2,20,21,22,24). The van der Waals surface area contributed by atoms with E-state index in [1.54, 1.807) is 13.8 Å². The molecule has 0 fully saturated rings. The highest BCUT2D eigenvalue weighted by Crippen LogP contribution is 2.32. The number of carbonyl (C=O) groups excluding carboxylic acids is 1. The summed E-state index contributed by atoms with van der Waals surface area (Å²) in [6.07, 6.45) is 0. The van der Waals surface area contributed by atoms with Crippen molar-refractivity contribution in [1.82, 2.24) is 15.0 Å². The van der Waals surface area contributed by atoms with Crippen LogP contribution in [0.1, 0.15) is 18.3 Å². The van der Waals surface area contributed by atoms with Gasteiger partial charge in [0, 0.05) is 0 Å². The molecule has 138 valence electrons. The average Bonchev–Trinajstić information content (AvgIpc) is 3.02. The summed E-state index contributed by atoms with van der Waals surface area (Å²) in [5.74, 6) is 0.799. The minimum Gasteiger partial charge on any atom is -0.465 e. The van der Waals surface area contributed by atoms with Crippen molar-refractivity contribution < 1.29 is 9.53 Å². The first-order valence-electron chi connectivity index (χ1n) is 8.28. The Morgan fingerprint density at radius 3 is 2.78 bits per heavy atom. The molecular formula is C18H18N6O2S. The van der Waals surface area contributed by atoms with Crippen LogP contribution >= 0.6 is 11.8 Å². The van der Waals surface area contributed by atoms with E-state index in [9.17, 15) is 10.1 Å². The molecule has 0 aliphatic rings. The number of ether oxygens (including phenoxy) is 1. The van der Waals surface area contributed by atoms with Crippen LogP contribution < -0.4 is 10.9 Å². The highest BCUT2D eigenvalue weighted by Gasteiger charge is 2.19. The Labute approximate surface area is 160 Å². The zero-order chi connectivity index (χ0) is 19.2. The predicted octanol–water partition coefficient (Wildman–Crippen LogP) is 3.23. The number of para-hydroxylation sites is 1. The fourth-order valence-electron chi connectivity index (χ4n) is 2.48. The zero-order valence-electron chi connectivity index (χ0n) is 14.9. The number of thioether (sulfide) groups is 1. The fraction of sp³-hybridized carbons (Fsp3) is 0.222. The number of benzene rings is 1. The van der Waals surface area contributed by atoms with Crippen LogP contribution in [0.2, 0.25) is 0 Å². The summed E-state index contributed by atoms with van der Waals surface area (Å²) in [5.41, 5.74) is 7.88. The molecule has 0 radical (unpaired) electrons. The Morgan fingerprint density at radius 2 is 2.07 bits per heavy atom. The minimum absolute atomic E-state index is 0.104. The van der Waals surface area contributed by atoms with Crippen molar-refractivity contribution in [3.05, 3.63) is 41.7 Å². The predicted molar refractivity (Wildman–Crippen MR) is 104 cm³/mol. The van der Waals surface area contributed by atoms with Crippen LogP contribution in [-0.2, 0) is 9.53 Å². The van der Waals surface area contributed by atoms with E-state index in [2.05, 4.69) is 31.9 Å². The molecule has 0 saturated heterocycles. The van der Waals surface area contributed by atoms with Crippen molar-refractivity contribution >= 4 is 40.3 Å². The number of fused-ring (bicyclic) bond motifs is 1. The number of esters is 1. The summed E-state index contributed by atoms with van der Waals surface area (Å²) in [6.45, 7) is 3.84. The van der Waals surface area contributed by atoms with Crippen molar-refractivity contribution in [2.45, 2.75) is 18.9 Å². The maximum atomic E-state index is 11.6. The number of nitriles is 1. The van der Waals surface area contributed by atoms with E-state index in [4.69, 9.17) is 4.74 Å². The van der Waals surface area contributed by atoms with Gasteiger partial charge < -0.3 is 9.72 Å². The number of nitrogens with one attached hydrogen (secondary N) is 3. The molecule has 2 aromatic heterocycles. The van der Waals surface area contributed by atoms with Crippen LogP contribution in [0, 0.1) is 18.3 Å². The largest absolute Gasteiger partial charge is 0.465 e. The van der Waals surface area contributed by atoms with Crippen molar-refractivity contribution in [3.8, 4) is 6.07 Å². The van der Waals surface area contributed by atoms with E-state index < -0.39 is 0 Å². The molecule has 0 saturated carbocycles. The summed E-state index contributed by atoms with van der Waals surface area (Å²) in [5, 5.41) is 10.8. The van der Waals surface area contributed by atoms with Crippen LogP contribution in [0.5, 0.6) is 0 Å². The molecule has 3 rings (SSSR count). The van der Waals surface area contributed by atoms with Crippen LogP contribution in [0.25, 0.3) is 11.0 Å². The molecule has 0 aliphatic heterocycles. The summed E-state index contributed by atoms with van der Waals surface area (Å²) in [4.78, 5) is 23.5. The van der Waals surface area contributed by atoms with Gasteiger partial charge in [0.1, 0.15) is 17.5 Å². The van der Waals surface area contributed by atoms with Crippen LogP contribution in [-0.4, -0.2) is 33.3 Å². The second-order valence-corrected chi connectivity index (χ2v) is 6.48. The molecule has 0 bridgehead atoms. The molecule has 2 heterocycles. The Bertz CT molecular complexity index is 996. The van der Waals surface area contributed by atoms with E-state index in [-0.39, 0.29) is 11.7 Å². The minimum atomic E-state index is -0.337. The van der Waals surface area contributed by atoms with Gasteiger partial charge in [-0.05, 0) is 26.0 Å². The van der Waals surface area contributed by atoms with Gasteiger partial charge in [0.25, 0.3) is 0 Å². The van der Waals surface area contributed by atoms with Crippen molar-refractivity contribution in [2.75, 3.05) is 23.2 Å². The average molecular weight is 382 g/mol. The van der Waals surface area contributed by atoms with Crippen molar-refractivity contribution in [2.24, 2.45) is 0 Å². The van der Waals surface area contributed by atoms with E-state index >= 15 is 0 Å². The number of aryl methyl sites for hydroxylation is 1. The monoisotopic (exact) mass is 382 g/mol. The topological polar surface area (TPSA) is 116 Å². The molecule has 3 aromatic rings.